The molecule has 0 fully saturated rings. The molecule has 0 aromatic carbocycles. The quantitative estimate of drug-likeness (QED) is 0.500. The highest BCUT2D eigenvalue weighted by atomic mass is 32.1. The summed E-state index contributed by atoms with van der Waals surface area (Å²) in [5.41, 5.74) is 5.97. The van der Waals surface area contributed by atoms with Gasteiger partial charge in [0.05, 0.1) is 34.4 Å². The standard InChI is InChI=1S/C20H19N5OS/c1-10-5-6-21-8-15(10)16-7-14-17(9-22-16)25-19(26)18(14)12(3)24-20-23-11(2)13(4)27-20/h5-9,25-26H,1-4H3. The van der Waals surface area contributed by atoms with Crippen molar-refractivity contribution in [2.45, 2.75) is 27.7 Å². The average molecular weight is 377 g/mol. The number of nitrogens with one attached hydrogen (secondary N) is 1. The van der Waals surface area contributed by atoms with E-state index in [4.69, 9.17) is 0 Å². The third-order valence-corrected chi connectivity index (χ3v) is 5.59. The maximum absolute atomic E-state index is 10.5. The molecule has 4 rings (SSSR count). The topological polar surface area (TPSA) is 87.0 Å². The number of aryl methyl sites for hydroxylation is 3. The summed E-state index contributed by atoms with van der Waals surface area (Å²) < 4.78 is 0. The molecular formula is C20H19N5OS. The van der Waals surface area contributed by atoms with E-state index in [1.54, 1.807) is 29.9 Å². The molecule has 0 aliphatic heterocycles. The lowest BCUT2D eigenvalue weighted by Crippen LogP contribution is -1.94. The number of hydrogen-bond donors (Lipinski definition) is 2. The van der Waals surface area contributed by atoms with Crippen molar-refractivity contribution in [3.05, 3.63) is 52.4 Å². The number of aromatic amines is 1. The van der Waals surface area contributed by atoms with E-state index in [9.17, 15) is 5.11 Å². The lowest BCUT2D eigenvalue weighted by atomic mass is 10.0. The summed E-state index contributed by atoms with van der Waals surface area (Å²) in [7, 11) is 0. The molecule has 0 saturated carbocycles. The Hall–Kier alpha value is -3.06. The van der Waals surface area contributed by atoms with Crippen LogP contribution >= 0.6 is 11.3 Å². The molecule has 0 bridgehead atoms. The monoisotopic (exact) mass is 377 g/mol. The number of H-pyrrole nitrogens is 1. The van der Waals surface area contributed by atoms with Crippen molar-refractivity contribution in [1.82, 2.24) is 19.9 Å². The predicted molar refractivity (Wildman–Crippen MR) is 109 cm³/mol. The van der Waals surface area contributed by atoms with Gasteiger partial charge in [-0.05, 0) is 45.4 Å². The van der Waals surface area contributed by atoms with Gasteiger partial charge >= 0.3 is 0 Å². The van der Waals surface area contributed by atoms with Crippen molar-refractivity contribution >= 4 is 33.1 Å². The van der Waals surface area contributed by atoms with Crippen LogP contribution in [0.3, 0.4) is 0 Å². The van der Waals surface area contributed by atoms with Crippen molar-refractivity contribution in [3.63, 3.8) is 0 Å². The van der Waals surface area contributed by atoms with E-state index in [1.165, 1.54) is 0 Å². The summed E-state index contributed by atoms with van der Waals surface area (Å²) >= 11 is 1.54. The molecule has 4 heterocycles. The van der Waals surface area contributed by atoms with Crippen molar-refractivity contribution < 1.29 is 5.11 Å². The summed E-state index contributed by atoms with van der Waals surface area (Å²) in [5.74, 6) is 0.0816. The maximum Gasteiger partial charge on any atom is 0.209 e. The smallest absolute Gasteiger partial charge is 0.209 e. The molecule has 0 saturated heterocycles. The van der Waals surface area contributed by atoms with Gasteiger partial charge in [-0.3, -0.25) is 9.97 Å². The first-order valence-electron chi connectivity index (χ1n) is 8.55. The fourth-order valence-corrected chi connectivity index (χ4v) is 3.86. The first-order chi connectivity index (χ1) is 12.9. The molecule has 27 heavy (non-hydrogen) atoms. The number of nitrogens with zero attached hydrogens (tertiary/aromatic N) is 4. The molecule has 0 radical (unpaired) electrons. The number of aromatic hydroxyl groups is 1. The summed E-state index contributed by atoms with van der Waals surface area (Å²) in [5, 5.41) is 12.0. The van der Waals surface area contributed by atoms with Crippen LogP contribution in [-0.2, 0) is 0 Å². The molecule has 0 aliphatic carbocycles. The summed E-state index contributed by atoms with van der Waals surface area (Å²) in [4.78, 5) is 21.9. The van der Waals surface area contributed by atoms with E-state index < -0.39 is 0 Å². The predicted octanol–water partition coefficient (Wildman–Crippen LogP) is 4.85. The summed E-state index contributed by atoms with van der Waals surface area (Å²) in [6, 6.07) is 3.92. The van der Waals surface area contributed by atoms with Crippen LogP contribution in [0.5, 0.6) is 5.88 Å². The van der Waals surface area contributed by atoms with Gasteiger partial charge in [0.25, 0.3) is 0 Å². The van der Waals surface area contributed by atoms with Gasteiger partial charge in [-0.25, -0.2) is 9.98 Å². The first kappa shape index (κ1) is 17.4. The molecule has 7 heteroatoms. The van der Waals surface area contributed by atoms with Crippen molar-refractivity contribution in [2.75, 3.05) is 0 Å². The van der Waals surface area contributed by atoms with E-state index in [2.05, 4.69) is 24.9 Å². The van der Waals surface area contributed by atoms with Crippen LogP contribution in [0, 0.1) is 20.8 Å². The Kier molecular flexibility index (Phi) is 4.24. The van der Waals surface area contributed by atoms with E-state index in [0.29, 0.717) is 16.4 Å². The normalized spacial score (nSPS) is 12.1. The Morgan fingerprint density at radius 1 is 1.22 bits per heavy atom. The van der Waals surface area contributed by atoms with Gasteiger partial charge in [-0.15, -0.1) is 0 Å². The second-order valence-electron chi connectivity index (χ2n) is 6.49. The number of pyridine rings is 2. The Balaban J connectivity index is 1.86. The molecule has 4 aromatic rings. The van der Waals surface area contributed by atoms with Crippen LogP contribution in [0.2, 0.25) is 0 Å². The fourth-order valence-electron chi connectivity index (χ4n) is 3.03. The Bertz CT molecular complexity index is 1170. The molecule has 4 aromatic heterocycles. The molecule has 0 spiro atoms. The number of fused-ring (bicyclic) bond motifs is 1. The minimum absolute atomic E-state index is 0.0816. The van der Waals surface area contributed by atoms with Gasteiger partial charge in [-0.2, -0.15) is 0 Å². The molecule has 6 nitrogen and oxygen atoms in total. The minimum Gasteiger partial charge on any atom is -0.494 e. The van der Waals surface area contributed by atoms with Gasteiger partial charge in [0.1, 0.15) is 0 Å². The minimum atomic E-state index is 0.0816. The van der Waals surface area contributed by atoms with E-state index in [-0.39, 0.29) is 5.88 Å². The second kappa shape index (κ2) is 6.59. The zero-order valence-corrected chi connectivity index (χ0v) is 16.3. The Morgan fingerprint density at radius 2 is 2.04 bits per heavy atom. The largest absolute Gasteiger partial charge is 0.494 e. The average Bonchev–Trinajstić information content (AvgIpc) is 3.12. The molecule has 136 valence electrons. The first-order valence-corrected chi connectivity index (χ1v) is 9.37. The van der Waals surface area contributed by atoms with Gasteiger partial charge in [0.15, 0.2) is 5.88 Å². The number of aliphatic imine (C=N–C) groups is 1. The summed E-state index contributed by atoms with van der Waals surface area (Å²) in [6.07, 6.45) is 5.29. The van der Waals surface area contributed by atoms with Crippen molar-refractivity contribution in [2.24, 2.45) is 4.99 Å². The van der Waals surface area contributed by atoms with Gasteiger partial charge < -0.3 is 10.1 Å². The van der Waals surface area contributed by atoms with E-state index >= 15 is 0 Å². The molecule has 0 unspecified atom stereocenters. The van der Waals surface area contributed by atoms with Gasteiger partial charge in [-0.1, -0.05) is 11.3 Å². The molecule has 0 aliphatic rings. The number of aromatic nitrogens is 4. The highest BCUT2D eigenvalue weighted by Crippen LogP contribution is 2.32. The SMILES string of the molecule is CC(=Nc1nc(C)c(C)s1)c1c(O)[nH]c2cnc(-c3cnccc3C)cc12. The molecule has 0 atom stereocenters. The van der Waals surface area contributed by atoms with Crippen LogP contribution in [0.25, 0.3) is 22.2 Å². The molecular weight excluding hydrogens is 358 g/mol. The second-order valence-corrected chi connectivity index (χ2v) is 7.67. The van der Waals surface area contributed by atoms with Gasteiger partial charge in [0, 0.05) is 28.2 Å². The third kappa shape index (κ3) is 3.10. The maximum atomic E-state index is 10.5. The van der Waals surface area contributed by atoms with Crippen LogP contribution in [0.1, 0.15) is 28.6 Å². The van der Waals surface area contributed by atoms with Crippen LogP contribution in [0.4, 0.5) is 5.13 Å². The van der Waals surface area contributed by atoms with E-state index in [1.807, 2.05) is 39.8 Å². The van der Waals surface area contributed by atoms with Crippen LogP contribution in [-0.4, -0.2) is 30.8 Å². The lowest BCUT2D eigenvalue weighted by molar-refractivity contribution is 0.457. The number of hydrogen-bond acceptors (Lipinski definition) is 6. The number of thiazole rings is 1. The van der Waals surface area contributed by atoms with E-state index in [0.717, 1.165) is 38.3 Å². The number of rotatable bonds is 3. The fraction of sp³-hybridized carbons (Fsp3) is 0.200. The van der Waals surface area contributed by atoms with Crippen molar-refractivity contribution in [3.8, 4) is 17.1 Å². The highest BCUT2D eigenvalue weighted by molar-refractivity contribution is 7.15. The zero-order valence-electron chi connectivity index (χ0n) is 15.5. The lowest BCUT2D eigenvalue weighted by Gasteiger charge is -2.05. The van der Waals surface area contributed by atoms with Crippen LogP contribution < -0.4 is 0 Å². The molecule has 0 amide bonds. The zero-order chi connectivity index (χ0) is 19.1. The Labute approximate surface area is 160 Å². The third-order valence-electron chi connectivity index (χ3n) is 4.62. The Morgan fingerprint density at radius 3 is 2.74 bits per heavy atom. The van der Waals surface area contributed by atoms with Crippen molar-refractivity contribution in [1.29, 1.82) is 0 Å². The highest BCUT2D eigenvalue weighted by Gasteiger charge is 2.16. The van der Waals surface area contributed by atoms with Gasteiger partial charge in [0.2, 0.25) is 5.13 Å². The van der Waals surface area contributed by atoms with Crippen LogP contribution in [0.15, 0.2) is 35.7 Å². The summed E-state index contributed by atoms with van der Waals surface area (Å²) in [6.45, 7) is 7.90. The molecule has 2 N–H and O–H groups in total.